The summed E-state index contributed by atoms with van der Waals surface area (Å²) in [5, 5.41) is 0. The Bertz CT molecular complexity index is 138. The summed E-state index contributed by atoms with van der Waals surface area (Å²) in [7, 11) is 0. The Morgan fingerprint density at radius 3 is 2.30 bits per heavy atom. The summed E-state index contributed by atoms with van der Waals surface area (Å²) in [4.78, 5) is 12.9. The second-order valence-corrected chi connectivity index (χ2v) is 3.44. The van der Waals surface area contributed by atoms with E-state index < -0.39 is 0 Å². The fraction of sp³-hybridized carbons (Fsp3) is 0.875. The predicted molar refractivity (Wildman–Crippen MR) is 38.7 cm³/mol. The SMILES string of the molecule is O=CC1CN2CCC1CC2. The molecule has 3 aliphatic heterocycles. The van der Waals surface area contributed by atoms with E-state index in [1.54, 1.807) is 0 Å². The molecule has 3 fully saturated rings. The van der Waals surface area contributed by atoms with E-state index in [9.17, 15) is 4.79 Å². The molecule has 1 unspecified atom stereocenters. The molecule has 56 valence electrons. The van der Waals surface area contributed by atoms with Crippen LogP contribution in [0.1, 0.15) is 12.8 Å². The standard InChI is InChI=1S/C8H13NO/c10-6-8-5-9-3-1-7(8)2-4-9/h6-8H,1-5H2. The zero-order valence-corrected chi connectivity index (χ0v) is 6.12. The first-order valence-corrected chi connectivity index (χ1v) is 4.08. The molecule has 2 nitrogen and oxygen atoms in total. The first kappa shape index (κ1) is 6.35. The Morgan fingerprint density at radius 2 is 2.00 bits per heavy atom. The highest BCUT2D eigenvalue weighted by molar-refractivity contribution is 5.55. The maximum atomic E-state index is 10.5. The van der Waals surface area contributed by atoms with Crippen LogP contribution >= 0.6 is 0 Å². The van der Waals surface area contributed by atoms with Crippen molar-refractivity contribution in [2.24, 2.45) is 11.8 Å². The van der Waals surface area contributed by atoms with E-state index >= 15 is 0 Å². The van der Waals surface area contributed by atoms with Crippen LogP contribution in [-0.4, -0.2) is 30.8 Å². The molecule has 0 aromatic carbocycles. The average Bonchev–Trinajstić information content (AvgIpc) is 2.06. The Labute approximate surface area is 61.2 Å². The van der Waals surface area contributed by atoms with Crippen molar-refractivity contribution in [1.82, 2.24) is 4.90 Å². The molecule has 0 aromatic rings. The third-order valence-electron chi connectivity index (χ3n) is 2.88. The van der Waals surface area contributed by atoms with Gasteiger partial charge in [-0.15, -0.1) is 0 Å². The van der Waals surface area contributed by atoms with Crippen molar-refractivity contribution in [3.63, 3.8) is 0 Å². The summed E-state index contributed by atoms with van der Waals surface area (Å²) in [6.45, 7) is 3.50. The Hall–Kier alpha value is -0.370. The van der Waals surface area contributed by atoms with Crippen molar-refractivity contribution in [3.8, 4) is 0 Å². The molecular formula is C8H13NO. The van der Waals surface area contributed by atoms with Gasteiger partial charge in [-0.1, -0.05) is 0 Å². The molecule has 3 aliphatic rings. The lowest BCUT2D eigenvalue weighted by Crippen LogP contribution is -2.47. The molecule has 3 heterocycles. The Kier molecular flexibility index (Phi) is 1.49. The van der Waals surface area contributed by atoms with E-state index in [-0.39, 0.29) is 0 Å². The topological polar surface area (TPSA) is 20.3 Å². The monoisotopic (exact) mass is 139 g/mol. The van der Waals surface area contributed by atoms with Gasteiger partial charge >= 0.3 is 0 Å². The van der Waals surface area contributed by atoms with Gasteiger partial charge < -0.3 is 9.69 Å². The maximum absolute atomic E-state index is 10.5. The van der Waals surface area contributed by atoms with Crippen LogP contribution in [0.2, 0.25) is 0 Å². The van der Waals surface area contributed by atoms with Crippen molar-refractivity contribution < 1.29 is 4.79 Å². The molecule has 0 aromatic heterocycles. The Morgan fingerprint density at radius 1 is 1.30 bits per heavy atom. The molecular weight excluding hydrogens is 126 g/mol. The average molecular weight is 139 g/mol. The highest BCUT2D eigenvalue weighted by Crippen LogP contribution is 2.30. The van der Waals surface area contributed by atoms with Crippen LogP contribution in [0.25, 0.3) is 0 Å². The first-order valence-electron chi connectivity index (χ1n) is 4.08. The Balaban J connectivity index is 2.07. The van der Waals surface area contributed by atoms with E-state index in [0.29, 0.717) is 5.92 Å². The fourth-order valence-electron chi connectivity index (χ4n) is 2.17. The van der Waals surface area contributed by atoms with E-state index in [4.69, 9.17) is 0 Å². The zero-order chi connectivity index (χ0) is 6.97. The summed E-state index contributed by atoms with van der Waals surface area (Å²) in [6.07, 6.45) is 3.66. The van der Waals surface area contributed by atoms with Gasteiger partial charge in [0.25, 0.3) is 0 Å². The summed E-state index contributed by atoms with van der Waals surface area (Å²) in [6, 6.07) is 0. The maximum Gasteiger partial charge on any atom is 0.124 e. The van der Waals surface area contributed by atoms with Crippen LogP contribution < -0.4 is 0 Å². The minimum atomic E-state index is 0.363. The van der Waals surface area contributed by atoms with E-state index in [2.05, 4.69) is 4.90 Å². The molecule has 1 atom stereocenters. The lowest BCUT2D eigenvalue weighted by Gasteiger charge is -2.42. The van der Waals surface area contributed by atoms with Crippen LogP contribution in [0.5, 0.6) is 0 Å². The highest BCUT2D eigenvalue weighted by atomic mass is 16.1. The van der Waals surface area contributed by atoms with Crippen LogP contribution in [-0.2, 0) is 4.79 Å². The highest BCUT2D eigenvalue weighted by Gasteiger charge is 2.33. The van der Waals surface area contributed by atoms with E-state index in [0.717, 1.165) is 18.7 Å². The van der Waals surface area contributed by atoms with Crippen molar-refractivity contribution in [2.75, 3.05) is 19.6 Å². The molecule has 0 saturated carbocycles. The van der Waals surface area contributed by atoms with Crippen molar-refractivity contribution in [1.29, 1.82) is 0 Å². The van der Waals surface area contributed by atoms with Gasteiger partial charge in [-0.05, 0) is 31.8 Å². The van der Waals surface area contributed by atoms with E-state index in [1.807, 2.05) is 0 Å². The lowest BCUT2D eigenvalue weighted by molar-refractivity contribution is -0.116. The summed E-state index contributed by atoms with van der Waals surface area (Å²) < 4.78 is 0. The quantitative estimate of drug-likeness (QED) is 0.494. The summed E-state index contributed by atoms with van der Waals surface area (Å²) >= 11 is 0. The fourth-order valence-corrected chi connectivity index (χ4v) is 2.17. The van der Waals surface area contributed by atoms with Gasteiger partial charge in [-0.25, -0.2) is 0 Å². The smallest absolute Gasteiger partial charge is 0.124 e. The molecule has 0 aliphatic carbocycles. The van der Waals surface area contributed by atoms with Gasteiger partial charge in [0, 0.05) is 12.5 Å². The summed E-state index contributed by atoms with van der Waals surface area (Å²) in [5.74, 6) is 1.09. The molecule has 3 rings (SSSR count). The first-order chi connectivity index (χ1) is 4.90. The predicted octanol–water partition coefficient (Wildman–Crippen LogP) is 0.527. The number of hydrogen-bond donors (Lipinski definition) is 0. The second kappa shape index (κ2) is 2.35. The molecule has 2 bridgehead atoms. The number of carbonyl (C=O) groups is 1. The van der Waals surface area contributed by atoms with Gasteiger partial charge in [-0.2, -0.15) is 0 Å². The number of piperidine rings is 3. The van der Waals surface area contributed by atoms with Crippen molar-refractivity contribution in [2.45, 2.75) is 12.8 Å². The van der Waals surface area contributed by atoms with Gasteiger partial charge in [0.2, 0.25) is 0 Å². The third-order valence-corrected chi connectivity index (χ3v) is 2.88. The van der Waals surface area contributed by atoms with Gasteiger partial charge in [0.15, 0.2) is 0 Å². The molecule has 0 N–H and O–H groups in total. The van der Waals surface area contributed by atoms with Crippen molar-refractivity contribution in [3.05, 3.63) is 0 Å². The molecule has 10 heavy (non-hydrogen) atoms. The van der Waals surface area contributed by atoms with Crippen LogP contribution in [0.4, 0.5) is 0 Å². The normalized spacial score (nSPS) is 45.4. The number of carbonyl (C=O) groups excluding carboxylic acids is 1. The number of rotatable bonds is 1. The second-order valence-electron chi connectivity index (χ2n) is 3.44. The van der Waals surface area contributed by atoms with Gasteiger partial charge in [0.1, 0.15) is 6.29 Å². The van der Waals surface area contributed by atoms with Gasteiger partial charge in [-0.3, -0.25) is 0 Å². The molecule has 0 radical (unpaired) electrons. The van der Waals surface area contributed by atoms with E-state index in [1.165, 1.54) is 25.9 Å². The number of hydrogen-bond acceptors (Lipinski definition) is 2. The molecule has 0 amide bonds. The third kappa shape index (κ3) is 0.870. The number of aldehydes is 1. The molecule has 0 spiro atoms. The van der Waals surface area contributed by atoms with Crippen LogP contribution in [0.15, 0.2) is 0 Å². The minimum absolute atomic E-state index is 0.363. The molecule has 3 saturated heterocycles. The number of fused-ring (bicyclic) bond motifs is 3. The largest absolute Gasteiger partial charge is 0.303 e. The van der Waals surface area contributed by atoms with Gasteiger partial charge in [0.05, 0.1) is 0 Å². The van der Waals surface area contributed by atoms with Crippen LogP contribution in [0, 0.1) is 11.8 Å². The zero-order valence-electron chi connectivity index (χ0n) is 6.12. The van der Waals surface area contributed by atoms with Crippen LogP contribution in [0.3, 0.4) is 0 Å². The summed E-state index contributed by atoms with van der Waals surface area (Å²) in [5.41, 5.74) is 0. The molecule has 2 heteroatoms. The lowest BCUT2D eigenvalue weighted by atomic mass is 9.80. The number of nitrogens with zero attached hydrogens (tertiary/aromatic N) is 1. The van der Waals surface area contributed by atoms with Crippen molar-refractivity contribution >= 4 is 6.29 Å². The minimum Gasteiger partial charge on any atom is -0.303 e.